The Balaban J connectivity index is 4.00. The maximum absolute atomic E-state index is 13.1. The summed E-state index contributed by atoms with van der Waals surface area (Å²) < 4.78 is 23.5. The molecular formula is C78H151N2O6P. The average Bonchev–Trinajstić information content (AvgIpc) is 3.70. The van der Waals surface area contributed by atoms with Crippen LogP contribution < -0.4 is 10.2 Å². The number of phosphoric ester groups is 1. The monoisotopic (exact) mass is 1240 g/mol. The molecule has 0 fully saturated rings. The largest absolute Gasteiger partial charge is 0.756 e. The summed E-state index contributed by atoms with van der Waals surface area (Å²) in [5.41, 5.74) is 0. The molecule has 0 aliphatic heterocycles. The van der Waals surface area contributed by atoms with Gasteiger partial charge in [0, 0.05) is 6.42 Å². The van der Waals surface area contributed by atoms with Gasteiger partial charge in [-0.05, 0) is 70.6 Å². The minimum absolute atomic E-state index is 0.00773. The first-order valence-corrected chi connectivity index (χ1v) is 40.0. The van der Waals surface area contributed by atoms with E-state index in [2.05, 4.69) is 55.6 Å². The van der Waals surface area contributed by atoms with Crippen molar-refractivity contribution in [3.63, 3.8) is 0 Å². The number of hydrogen-bond donors (Lipinski definition) is 2. The quantitative estimate of drug-likeness (QED) is 0.0272. The van der Waals surface area contributed by atoms with Crippen LogP contribution in [0.2, 0.25) is 0 Å². The molecule has 8 nitrogen and oxygen atoms in total. The highest BCUT2D eigenvalue weighted by Gasteiger charge is 2.23. The predicted molar refractivity (Wildman–Crippen MR) is 381 cm³/mol. The number of rotatable bonds is 72. The minimum atomic E-state index is -4.62. The van der Waals surface area contributed by atoms with Crippen molar-refractivity contribution < 1.29 is 32.9 Å². The SMILES string of the molecule is CCCCCCCCCC/C=C\CCCCCCCCCCCCCCCCCCCCCCCCCCCC(=O)NC(COP(=O)([O-])OCC[N+](C)(C)C)C(O)/C=C/CC/C=C/CC/C=C/CCCCCCCCCCCCCCCCCCCC. The topological polar surface area (TPSA) is 108 Å². The number of aliphatic hydroxyl groups is 1. The number of likely N-dealkylation sites (N-methyl/N-ethyl adjacent to an activating group) is 1. The summed E-state index contributed by atoms with van der Waals surface area (Å²) in [7, 11) is 1.25. The van der Waals surface area contributed by atoms with E-state index in [4.69, 9.17) is 9.05 Å². The zero-order valence-corrected chi connectivity index (χ0v) is 59.9. The van der Waals surface area contributed by atoms with Crippen LogP contribution in [0.5, 0.6) is 0 Å². The number of aliphatic hydroxyl groups excluding tert-OH is 1. The van der Waals surface area contributed by atoms with Crippen LogP contribution in [-0.4, -0.2) is 68.5 Å². The van der Waals surface area contributed by atoms with Crippen LogP contribution in [0.4, 0.5) is 0 Å². The summed E-state index contributed by atoms with van der Waals surface area (Å²) in [5, 5.41) is 14.0. The smallest absolute Gasteiger partial charge is 0.268 e. The summed E-state index contributed by atoms with van der Waals surface area (Å²) in [6.45, 7) is 4.68. The van der Waals surface area contributed by atoms with E-state index in [0.29, 0.717) is 17.4 Å². The van der Waals surface area contributed by atoms with Crippen molar-refractivity contribution in [2.75, 3.05) is 40.9 Å². The van der Waals surface area contributed by atoms with Gasteiger partial charge in [-0.3, -0.25) is 9.36 Å². The van der Waals surface area contributed by atoms with E-state index in [1.807, 2.05) is 27.2 Å². The molecule has 0 aromatic carbocycles. The lowest BCUT2D eigenvalue weighted by molar-refractivity contribution is -0.870. The Hall–Kier alpha value is -1.54. The van der Waals surface area contributed by atoms with E-state index in [1.54, 1.807) is 6.08 Å². The molecule has 514 valence electrons. The highest BCUT2D eigenvalue weighted by Crippen LogP contribution is 2.38. The third kappa shape index (κ3) is 71.8. The Morgan fingerprint density at radius 3 is 0.931 bits per heavy atom. The first kappa shape index (κ1) is 85.5. The lowest BCUT2D eigenvalue weighted by Gasteiger charge is -2.29. The maximum atomic E-state index is 13.1. The van der Waals surface area contributed by atoms with Gasteiger partial charge in [-0.1, -0.05) is 364 Å². The van der Waals surface area contributed by atoms with Gasteiger partial charge in [0.15, 0.2) is 0 Å². The average molecular weight is 1240 g/mol. The molecule has 0 aromatic rings. The second-order valence-corrected chi connectivity index (χ2v) is 29.1. The molecule has 1 amide bonds. The first-order chi connectivity index (χ1) is 42.5. The van der Waals surface area contributed by atoms with Gasteiger partial charge in [-0.2, -0.15) is 0 Å². The molecule has 3 unspecified atom stereocenters. The second-order valence-electron chi connectivity index (χ2n) is 27.7. The number of carbonyl (C=O) groups excluding carboxylic acids is 1. The van der Waals surface area contributed by atoms with Crippen LogP contribution in [-0.2, 0) is 18.4 Å². The summed E-state index contributed by atoms with van der Waals surface area (Å²) in [6.07, 6.45) is 94.2. The number of carbonyl (C=O) groups is 1. The molecule has 0 rings (SSSR count). The van der Waals surface area contributed by atoms with E-state index in [-0.39, 0.29) is 12.5 Å². The number of amides is 1. The Labute approximate surface area is 543 Å². The van der Waals surface area contributed by atoms with Crippen molar-refractivity contribution in [2.24, 2.45) is 0 Å². The first-order valence-electron chi connectivity index (χ1n) is 38.5. The van der Waals surface area contributed by atoms with Gasteiger partial charge in [0.1, 0.15) is 13.2 Å². The third-order valence-electron chi connectivity index (χ3n) is 17.7. The second kappa shape index (κ2) is 68.8. The molecule has 9 heteroatoms. The highest BCUT2D eigenvalue weighted by molar-refractivity contribution is 7.45. The van der Waals surface area contributed by atoms with Crippen LogP contribution in [0.3, 0.4) is 0 Å². The van der Waals surface area contributed by atoms with Crippen LogP contribution in [0.25, 0.3) is 0 Å². The zero-order chi connectivity index (χ0) is 63.4. The molecule has 0 aliphatic rings. The minimum Gasteiger partial charge on any atom is -0.756 e. The molecule has 2 N–H and O–H groups in total. The van der Waals surface area contributed by atoms with Crippen molar-refractivity contribution in [3.8, 4) is 0 Å². The number of quaternary nitrogens is 1. The normalized spacial score (nSPS) is 13.8. The number of unbranched alkanes of at least 4 members (excludes halogenated alkanes) is 53. The Morgan fingerprint density at radius 2 is 0.644 bits per heavy atom. The molecule has 0 saturated heterocycles. The number of allylic oxidation sites excluding steroid dienone is 7. The van der Waals surface area contributed by atoms with Crippen molar-refractivity contribution in [1.29, 1.82) is 0 Å². The van der Waals surface area contributed by atoms with Crippen LogP contribution >= 0.6 is 7.82 Å². The molecule has 0 heterocycles. The molecule has 0 aromatic heterocycles. The van der Waals surface area contributed by atoms with E-state index in [0.717, 1.165) is 44.9 Å². The van der Waals surface area contributed by atoms with E-state index in [1.165, 1.54) is 327 Å². The lowest BCUT2D eigenvalue weighted by atomic mass is 10.0. The van der Waals surface area contributed by atoms with Gasteiger partial charge in [0.2, 0.25) is 5.91 Å². The summed E-state index contributed by atoms with van der Waals surface area (Å²) in [6, 6.07) is -0.911. The molecule has 0 bridgehead atoms. The van der Waals surface area contributed by atoms with Crippen molar-refractivity contribution in [3.05, 3.63) is 48.6 Å². The fraction of sp³-hybridized carbons (Fsp3) is 0.885. The molecule has 87 heavy (non-hydrogen) atoms. The molecule has 0 aliphatic carbocycles. The van der Waals surface area contributed by atoms with E-state index >= 15 is 0 Å². The number of nitrogens with one attached hydrogen (secondary N) is 1. The van der Waals surface area contributed by atoms with E-state index < -0.39 is 26.6 Å². The molecule has 0 saturated carbocycles. The fourth-order valence-electron chi connectivity index (χ4n) is 11.8. The fourth-order valence-corrected chi connectivity index (χ4v) is 12.5. The van der Waals surface area contributed by atoms with Gasteiger partial charge in [0.05, 0.1) is 39.9 Å². The predicted octanol–water partition coefficient (Wildman–Crippen LogP) is 24.3. The van der Waals surface area contributed by atoms with Crippen LogP contribution in [0, 0.1) is 0 Å². The number of phosphoric acid groups is 1. The van der Waals surface area contributed by atoms with Gasteiger partial charge in [-0.15, -0.1) is 0 Å². The van der Waals surface area contributed by atoms with Gasteiger partial charge in [0.25, 0.3) is 7.82 Å². The summed E-state index contributed by atoms with van der Waals surface area (Å²) in [4.78, 5) is 25.7. The molecular weight excluding hydrogens is 1090 g/mol. The van der Waals surface area contributed by atoms with Gasteiger partial charge < -0.3 is 28.8 Å². The Kier molecular flexibility index (Phi) is 67.6. The standard InChI is InChI=1S/C78H151N2O6P/c1-6-8-10-12-14-16-18-20-22-24-26-28-30-32-34-36-37-38-39-40-41-42-43-44-46-48-50-52-54-56-58-60-62-64-66-68-70-72-78(82)79-76(75-86-87(83,84)85-74-73-80(3,4)5)77(81)71-69-67-65-63-61-59-57-55-53-51-49-47-45-35-33-31-29-27-25-23-21-19-17-15-13-11-9-7-2/h24,26,53,55,61,63,69,71,76-77,81H,6-23,25,27-52,54,56-60,62,64-68,70,72-75H2,1-5H3,(H-,79,82,83,84)/b26-24-,55-53+,63-61+,71-69+. The molecule has 3 atom stereocenters. The Bertz CT molecular complexity index is 1560. The van der Waals surface area contributed by atoms with Gasteiger partial charge in [-0.25, -0.2) is 0 Å². The number of hydrogen-bond acceptors (Lipinski definition) is 6. The lowest BCUT2D eigenvalue weighted by Crippen LogP contribution is -2.45. The van der Waals surface area contributed by atoms with E-state index in [9.17, 15) is 19.4 Å². The molecule has 0 radical (unpaired) electrons. The third-order valence-corrected chi connectivity index (χ3v) is 18.7. The Morgan fingerprint density at radius 1 is 0.391 bits per heavy atom. The van der Waals surface area contributed by atoms with Crippen LogP contribution in [0.1, 0.15) is 393 Å². The summed E-state index contributed by atoms with van der Waals surface area (Å²) in [5.74, 6) is -0.204. The maximum Gasteiger partial charge on any atom is 0.268 e. The van der Waals surface area contributed by atoms with Crippen molar-refractivity contribution >= 4 is 13.7 Å². The van der Waals surface area contributed by atoms with Crippen molar-refractivity contribution in [2.45, 2.75) is 405 Å². The zero-order valence-electron chi connectivity index (χ0n) is 59.0. The molecule has 0 spiro atoms. The highest BCUT2D eigenvalue weighted by atomic mass is 31.2. The van der Waals surface area contributed by atoms with Crippen LogP contribution in [0.15, 0.2) is 48.6 Å². The summed E-state index contributed by atoms with van der Waals surface area (Å²) >= 11 is 0. The number of nitrogens with zero attached hydrogens (tertiary/aromatic N) is 1. The van der Waals surface area contributed by atoms with Gasteiger partial charge >= 0.3 is 0 Å². The van der Waals surface area contributed by atoms with Crippen molar-refractivity contribution in [1.82, 2.24) is 5.32 Å².